The molecule has 4 heteroatoms. The van der Waals surface area contributed by atoms with Crippen molar-refractivity contribution in [3.63, 3.8) is 0 Å². The maximum absolute atomic E-state index is 4.45. The number of hydrogen-bond acceptors (Lipinski definition) is 2. The van der Waals surface area contributed by atoms with Crippen molar-refractivity contribution in [3.8, 4) is 0 Å². The summed E-state index contributed by atoms with van der Waals surface area (Å²) in [5.74, 6) is 1.01. The number of fused-ring (bicyclic) bond motifs is 1. The Labute approximate surface area is 121 Å². The third kappa shape index (κ3) is 2.80. The molecular formula is C16H24N4. The summed E-state index contributed by atoms with van der Waals surface area (Å²) < 4.78 is 0. The van der Waals surface area contributed by atoms with E-state index in [2.05, 4.69) is 44.4 Å². The van der Waals surface area contributed by atoms with Crippen LogP contribution in [0.2, 0.25) is 0 Å². The number of benzene rings is 1. The number of rotatable bonds is 3. The van der Waals surface area contributed by atoms with Crippen molar-refractivity contribution >= 4 is 11.6 Å². The van der Waals surface area contributed by atoms with Gasteiger partial charge in [0, 0.05) is 32.4 Å². The van der Waals surface area contributed by atoms with Gasteiger partial charge in [-0.2, -0.15) is 0 Å². The van der Waals surface area contributed by atoms with E-state index in [0.717, 1.165) is 32.0 Å². The molecule has 0 bridgehead atoms. The number of likely N-dealkylation sites (tertiary alicyclic amines) is 1. The molecule has 1 saturated heterocycles. The lowest BCUT2D eigenvalue weighted by molar-refractivity contribution is 0.343. The van der Waals surface area contributed by atoms with Gasteiger partial charge in [0.05, 0.1) is 0 Å². The molecule has 0 saturated carbocycles. The maximum atomic E-state index is 4.45. The van der Waals surface area contributed by atoms with Gasteiger partial charge in [0.15, 0.2) is 5.96 Å². The molecule has 2 aliphatic heterocycles. The summed E-state index contributed by atoms with van der Waals surface area (Å²) in [7, 11) is 1.87. The van der Waals surface area contributed by atoms with E-state index in [1.165, 1.54) is 37.2 Å². The van der Waals surface area contributed by atoms with E-state index < -0.39 is 0 Å². The Morgan fingerprint density at radius 2 is 2.00 bits per heavy atom. The Balaban J connectivity index is 1.57. The van der Waals surface area contributed by atoms with Crippen LogP contribution < -0.4 is 10.2 Å². The van der Waals surface area contributed by atoms with E-state index in [0.29, 0.717) is 0 Å². The molecule has 1 aromatic carbocycles. The highest BCUT2D eigenvalue weighted by Gasteiger charge is 2.22. The van der Waals surface area contributed by atoms with Crippen LogP contribution in [-0.4, -0.2) is 50.6 Å². The average Bonchev–Trinajstić information content (AvgIpc) is 3.13. The van der Waals surface area contributed by atoms with Crippen LogP contribution in [0.5, 0.6) is 0 Å². The molecule has 1 fully saturated rings. The van der Waals surface area contributed by atoms with E-state index in [1.54, 1.807) is 0 Å². The SMILES string of the molecule is CN=C(NCCN1CCCC1)N1CCc2ccccc21. The van der Waals surface area contributed by atoms with Crippen molar-refractivity contribution in [2.75, 3.05) is 44.7 Å². The molecule has 0 aliphatic carbocycles. The van der Waals surface area contributed by atoms with Crippen molar-refractivity contribution in [3.05, 3.63) is 29.8 Å². The summed E-state index contributed by atoms with van der Waals surface area (Å²) in [4.78, 5) is 9.28. The number of anilines is 1. The van der Waals surface area contributed by atoms with Gasteiger partial charge in [-0.05, 0) is 44.0 Å². The zero-order valence-corrected chi connectivity index (χ0v) is 12.3. The molecule has 1 aromatic rings. The van der Waals surface area contributed by atoms with E-state index in [9.17, 15) is 0 Å². The van der Waals surface area contributed by atoms with Gasteiger partial charge in [0.2, 0.25) is 0 Å². The van der Waals surface area contributed by atoms with Crippen LogP contribution in [-0.2, 0) is 6.42 Å². The molecule has 3 rings (SSSR count). The Bertz CT molecular complexity index is 477. The second kappa shape index (κ2) is 6.27. The fourth-order valence-electron chi connectivity index (χ4n) is 3.19. The van der Waals surface area contributed by atoms with Crippen molar-refractivity contribution in [1.82, 2.24) is 10.2 Å². The minimum absolute atomic E-state index is 0.978. The zero-order chi connectivity index (χ0) is 13.8. The number of hydrogen-bond donors (Lipinski definition) is 1. The first kappa shape index (κ1) is 13.4. The normalized spacial score (nSPS) is 19.4. The molecular weight excluding hydrogens is 248 g/mol. The van der Waals surface area contributed by atoms with E-state index in [1.807, 2.05) is 7.05 Å². The molecule has 0 aromatic heterocycles. The minimum atomic E-state index is 0.978. The summed E-state index contributed by atoms with van der Waals surface area (Å²) in [6, 6.07) is 8.63. The highest BCUT2D eigenvalue weighted by molar-refractivity contribution is 5.97. The smallest absolute Gasteiger partial charge is 0.198 e. The number of nitrogens with zero attached hydrogens (tertiary/aromatic N) is 3. The molecule has 0 spiro atoms. The minimum Gasteiger partial charge on any atom is -0.355 e. The van der Waals surface area contributed by atoms with E-state index in [-0.39, 0.29) is 0 Å². The summed E-state index contributed by atoms with van der Waals surface area (Å²) in [6.45, 7) is 5.64. The topological polar surface area (TPSA) is 30.9 Å². The third-order valence-electron chi connectivity index (χ3n) is 4.26. The number of nitrogens with one attached hydrogen (secondary N) is 1. The first-order valence-corrected chi connectivity index (χ1v) is 7.67. The van der Waals surface area contributed by atoms with Crippen LogP contribution in [0, 0.1) is 0 Å². The van der Waals surface area contributed by atoms with Crippen molar-refractivity contribution < 1.29 is 0 Å². The molecule has 0 radical (unpaired) electrons. The van der Waals surface area contributed by atoms with Gasteiger partial charge in [0.25, 0.3) is 0 Å². The molecule has 108 valence electrons. The predicted octanol–water partition coefficient (Wildman–Crippen LogP) is 1.72. The van der Waals surface area contributed by atoms with Gasteiger partial charge in [-0.25, -0.2) is 0 Å². The van der Waals surface area contributed by atoms with Gasteiger partial charge in [0.1, 0.15) is 0 Å². The molecule has 4 nitrogen and oxygen atoms in total. The van der Waals surface area contributed by atoms with Gasteiger partial charge in [-0.15, -0.1) is 0 Å². The highest BCUT2D eigenvalue weighted by atomic mass is 15.3. The molecule has 2 heterocycles. The maximum Gasteiger partial charge on any atom is 0.198 e. The fraction of sp³-hybridized carbons (Fsp3) is 0.562. The Hall–Kier alpha value is -1.55. The summed E-state index contributed by atoms with van der Waals surface area (Å²) in [6.07, 6.45) is 3.82. The van der Waals surface area contributed by atoms with E-state index in [4.69, 9.17) is 0 Å². The third-order valence-corrected chi connectivity index (χ3v) is 4.26. The first-order valence-electron chi connectivity index (χ1n) is 7.67. The number of guanidine groups is 1. The quantitative estimate of drug-likeness (QED) is 0.671. The lowest BCUT2D eigenvalue weighted by atomic mass is 10.2. The monoisotopic (exact) mass is 272 g/mol. The molecule has 2 aliphatic rings. The number of para-hydroxylation sites is 1. The fourth-order valence-corrected chi connectivity index (χ4v) is 3.19. The predicted molar refractivity (Wildman–Crippen MR) is 84.5 cm³/mol. The zero-order valence-electron chi connectivity index (χ0n) is 12.3. The number of aliphatic imine (C=N–C) groups is 1. The second-order valence-electron chi connectivity index (χ2n) is 5.55. The van der Waals surface area contributed by atoms with Crippen LogP contribution in [0.3, 0.4) is 0 Å². The summed E-state index contributed by atoms with van der Waals surface area (Å²) in [5.41, 5.74) is 2.73. The van der Waals surface area contributed by atoms with Crippen LogP contribution in [0.1, 0.15) is 18.4 Å². The Morgan fingerprint density at radius 3 is 2.80 bits per heavy atom. The molecule has 0 atom stereocenters. The Morgan fingerprint density at radius 1 is 1.20 bits per heavy atom. The van der Waals surface area contributed by atoms with Crippen LogP contribution in [0.4, 0.5) is 5.69 Å². The summed E-state index contributed by atoms with van der Waals surface area (Å²) in [5, 5.41) is 3.51. The van der Waals surface area contributed by atoms with E-state index >= 15 is 0 Å². The van der Waals surface area contributed by atoms with Crippen molar-refractivity contribution in [2.45, 2.75) is 19.3 Å². The molecule has 0 unspecified atom stereocenters. The average molecular weight is 272 g/mol. The first-order chi connectivity index (χ1) is 9.88. The molecule has 0 amide bonds. The standard InChI is InChI=1S/C16H24N4/c1-17-16(18-9-13-19-10-4-5-11-19)20-12-8-14-6-2-3-7-15(14)20/h2-3,6-7H,4-5,8-13H2,1H3,(H,17,18). The second-order valence-corrected chi connectivity index (χ2v) is 5.55. The lowest BCUT2D eigenvalue weighted by Gasteiger charge is -2.23. The Kier molecular flexibility index (Phi) is 4.21. The summed E-state index contributed by atoms with van der Waals surface area (Å²) >= 11 is 0. The highest BCUT2D eigenvalue weighted by Crippen LogP contribution is 2.27. The van der Waals surface area contributed by atoms with Gasteiger partial charge < -0.3 is 15.1 Å². The molecule has 1 N–H and O–H groups in total. The van der Waals surface area contributed by atoms with Gasteiger partial charge >= 0.3 is 0 Å². The van der Waals surface area contributed by atoms with Gasteiger partial charge in [-0.3, -0.25) is 4.99 Å². The van der Waals surface area contributed by atoms with Crippen molar-refractivity contribution in [1.29, 1.82) is 0 Å². The van der Waals surface area contributed by atoms with Gasteiger partial charge in [-0.1, -0.05) is 18.2 Å². The largest absolute Gasteiger partial charge is 0.355 e. The van der Waals surface area contributed by atoms with Crippen LogP contribution in [0.25, 0.3) is 0 Å². The lowest BCUT2D eigenvalue weighted by Crippen LogP contribution is -2.43. The van der Waals surface area contributed by atoms with Crippen molar-refractivity contribution in [2.24, 2.45) is 4.99 Å². The van der Waals surface area contributed by atoms with Crippen LogP contribution >= 0.6 is 0 Å². The molecule has 20 heavy (non-hydrogen) atoms. The van der Waals surface area contributed by atoms with Crippen LogP contribution in [0.15, 0.2) is 29.3 Å².